The standard InChI is InChI=1S/C26H14N2O4.C2H6/c29-23-15-7-1-2-8-16(15)24(30)21(23)19-13-12-14-6-5-11-20(22(14)27-19)28-25(31)17-9-3-4-10-18(17)26(28)32;1-2/h1-13,29H;1-2H3. The lowest BCUT2D eigenvalue weighted by atomic mass is 10.0. The second kappa shape index (κ2) is 8.08. The van der Waals surface area contributed by atoms with Crippen LogP contribution in [0.15, 0.2) is 78.9 Å². The summed E-state index contributed by atoms with van der Waals surface area (Å²) in [6.45, 7) is 4.00. The van der Waals surface area contributed by atoms with E-state index in [1.54, 1.807) is 72.8 Å². The fraction of sp³-hybridized carbons (Fsp3) is 0.0714. The predicted molar refractivity (Wildman–Crippen MR) is 131 cm³/mol. The quantitative estimate of drug-likeness (QED) is 0.399. The van der Waals surface area contributed by atoms with E-state index in [0.717, 1.165) is 4.90 Å². The van der Waals surface area contributed by atoms with E-state index < -0.39 is 11.8 Å². The fourth-order valence-corrected chi connectivity index (χ4v) is 4.36. The van der Waals surface area contributed by atoms with E-state index in [9.17, 15) is 19.5 Å². The van der Waals surface area contributed by atoms with Crippen molar-refractivity contribution in [3.05, 3.63) is 107 Å². The average molecular weight is 448 g/mol. The summed E-state index contributed by atoms with van der Waals surface area (Å²) in [5, 5.41) is 11.4. The first-order valence-electron chi connectivity index (χ1n) is 11.0. The van der Waals surface area contributed by atoms with Crippen molar-refractivity contribution in [1.82, 2.24) is 4.98 Å². The van der Waals surface area contributed by atoms with Gasteiger partial charge < -0.3 is 5.11 Å². The predicted octanol–water partition coefficient (Wildman–Crippen LogP) is 5.68. The molecule has 0 saturated heterocycles. The molecule has 0 saturated carbocycles. The van der Waals surface area contributed by atoms with Gasteiger partial charge in [-0.15, -0.1) is 0 Å². The van der Waals surface area contributed by atoms with Gasteiger partial charge in [-0.3, -0.25) is 14.4 Å². The number of amides is 2. The highest BCUT2D eigenvalue weighted by Crippen LogP contribution is 2.38. The number of hydrogen-bond donors (Lipinski definition) is 1. The highest BCUT2D eigenvalue weighted by Gasteiger charge is 2.37. The van der Waals surface area contributed by atoms with E-state index in [4.69, 9.17) is 0 Å². The van der Waals surface area contributed by atoms with Crippen molar-refractivity contribution in [3.63, 3.8) is 0 Å². The van der Waals surface area contributed by atoms with Crippen LogP contribution in [0, 0.1) is 0 Å². The molecule has 0 unspecified atom stereocenters. The third kappa shape index (κ3) is 2.96. The van der Waals surface area contributed by atoms with E-state index >= 15 is 0 Å². The molecule has 166 valence electrons. The number of benzene rings is 3. The van der Waals surface area contributed by atoms with Crippen LogP contribution in [0.5, 0.6) is 0 Å². The second-order valence-corrected chi connectivity index (χ2v) is 7.63. The minimum Gasteiger partial charge on any atom is -0.506 e. The van der Waals surface area contributed by atoms with E-state index in [1.165, 1.54) is 0 Å². The maximum atomic E-state index is 13.0. The smallest absolute Gasteiger partial charge is 0.266 e. The molecule has 4 aromatic rings. The average Bonchev–Trinajstić information content (AvgIpc) is 3.29. The number of fused-ring (bicyclic) bond motifs is 3. The van der Waals surface area contributed by atoms with Gasteiger partial charge in [0.2, 0.25) is 0 Å². The number of aliphatic hydroxyl groups excluding tert-OH is 1. The first kappa shape index (κ1) is 21.3. The summed E-state index contributed by atoms with van der Waals surface area (Å²) in [5.74, 6) is -1.28. The van der Waals surface area contributed by atoms with Gasteiger partial charge in [0.25, 0.3) is 11.8 Å². The molecule has 2 heterocycles. The number of Topliss-reactive ketones (excluding diaryl/α,β-unsaturated/α-hetero) is 1. The van der Waals surface area contributed by atoms with E-state index in [1.807, 2.05) is 19.9 Å². The summed E-state index contributed by atoms with van der Waals surface area (Å²) in [5.41, 5.74) is 2.66. The Labute approximate surface area is 195 Å². The molecule has 1 aliphatic heterocycles. The Morgan fingerprint density at radius 3 is 1.88 bits per heavy atom. The van der Waals surface area contributed by atoms with Crippen LogP contribution in [0.2, 0.25) is 0 Å². The lowest BCUT2D eigenvalue weighted by Crippen LogP contribution is -2.29. The molecule has 0 radical (unpaired) electrons. The Kier molecular flexibility index (Phi) is 5.06. The second-order valence-electron chi connectivity index (χ2n) is 7.63. The number of allylic oxidation sites excluding steroid dienone is 1. The zero-order chi connectivity index (χ0) is 24.0. The number of carbonyl (C=O) groups excluding carboxylic acids is 3. The molecule has 0 fully saturated rings. The number of aliphatic hydroxyl groups is 1. The molecule has 34 heavy (non-hydrogen) atoms. The molecular weight excluding hydrogens is 428 g/mol. The summed E-state index contributed by atoms with van der Waals surface area (Å²) in [6, 6.07) is 22.1. The molecule has 6 nitrogen and oxygen atoms in total. The van der Waals surface area contributed by atoms with Crippen LogP contribution in [0.3, 0.4) is 0 Å². The van der Waals surface area contributed by atoms with Crippen LogP contribution >= 0.6 is 0 Å². The number of nitrogens with zero attached hydrogens (tertiary/aromatic N) is 2. The Hall–Kier alpha value is -4.58. The number of hydrogen-bond acceptors (Lipinski definition) is 5. The van der Waals surface area contributed by atoms with E-state index in [2.05, 4.69) is 4.98 Å². The highest BCUT2D eigenvalue weighted by atomic mass is 16.3. The van der Waals surface area contributed by atoms with E-state index in [0.29, 0.717) is 38.8 Å². The van der Waals surface area contributed by atoms with Gasteiger partial charge in [0, 0.05) is 16.5 Å². The Morgan fingerprint density at radius 1 is 0.676 bits per heavy atom. The van der Waals surface area contributed by atoms with Crippen molar-refractivity contribution in [2.45, 2.75) is 13.8 Å². The minimum atomic E-state index is -0.420. The van der Waals surface area contributed by atoms with Crippen LogP contribution in [0.4, 0.5) is 5.69 Å². The molecular formula is C28H20N2O4. The summed E-state index contributed by atoms with van der Waals surface area (Å²) >= 11 is 0. The Balaban J connectivity index is 0.00000117. The Morgan fingerprint density at radius 2 is 1.26 bits per heavy atom. The molecule has 3 aromatic carbocycles. The number of pyridine rings is 1. The molecule has 0 atom stereocenters. The van der Waals surface area contributed by atoms with Crippen molar-refractivity contribution in [3.8, 4) is 0 Å². The number of aromatic nitrogens is 1. The number of anilines is 1. The van der Waals surface area contributed by atoms with Crippen LogP contribution < -0.4 is 4.90 Å². The zero-order valence-electron chi connectivity index (χ0n) is 18.6. The topological polar surface area (TPSA) is 87.6 Å². The maximum absolute atomic E-state index is 13.0. The summed E-state index contributed by atoms with van der Waals surface area (Å²) in [7, 11) is 0. The highest BCUT2D eigenvalue weighted by molar-refractivity contribution is 6.39. The molecule has 2 amide bonds. The number of rotatable bonds is 2. The lowest BCUT2D eigenvalue weighted by molar-refractivity contribution is 0.0925. The van der Waals surface area contributed by atoms with Crippen molar-refractivity contribution in [2.24, 2.45) is 0 Å². The molecule has 0 bridgehead atoms. The van der Waals surface area contributed by atoms with Crippen LogP contribution in [-0.4, -0.2) is 27.7 Å². The van der Waals surface area contributed by atoms with Gasteiger partial charge in [0.15, 0.2) is 5.78 Å². The first-order chi connectivity index (χ1) is 16.6. The van der Waals surface area contributed by atoms with Crippen molar-refractivity contribution in [2.75, 3.05) is 4.90 Å². The molecule has 2 aliphatic rings. The van der Waals surface area contributed by atoms with Crippen molar-refractivity contribution >= 4 is 45.5 Å². The third-order valence-corrected chi connectivity index (χ3v) is 5.88. The first-order valence-corrected chi connectivity index (χ1v) is 11.0. The van der Waals surface area contributed by atoms with Gasteiger partial charge in [0.05, 0.1) is 33.6 Å². The molecule has 1 aromatic heterocycles. The fourth-order valence-electron chi connectivity index (χ4n) is 4.36. The molecule has 6 heteroatoms. The molecule has 1 aliphatic carbocycles. The van der Waals surface area contributed by atoms with Gasteiger partial charge in [-0.05, 0) is 24.3 Å². The SMILES string of the molecule is CC.O=C1C(c2ccc3cccc(N4C(=O)c5ccccc5C4=O)c3n2)=C(O)c2ccccc21. The maximum Gasteiger partial charge on any atom is 0.266 e. The van der Waals surface area contributed by atoms with Crippen molar-refractivity contribution < 1.29 is 19.5 Å². The molecule has 1 N–H and O–H groups in total. The summed E-state index contributed by atoms with van der Waals surface area (Å²) in [4.78, 5) is 44.7. The van der Waals surface area contributed by atoms with E-state index in [-0.39, 0.29) is 22.8 Å². The largest absolute Gasteiger partial charge is 0.506 e. The number of para-hydroxylation sites is 1. The lowest BCUT2D eigenvalue weighted by Gasteiger charge is -2.16. The van der Waals surface area contributed by atoms with Crippen molar-refractivity contribution in [1.29, 1.82) is 0 Å². The van der Waals surface area contributed by atoms with Crippen LogP contribution in [-0.2, 0) is 0 Å². The normalized spacial score (nSPS) is 14.3. The monoisotopic (exact) mass is 448 g/mol. The number of carbonyl (C=O) groups is 3. The summed E-state index contributed by atoms with van der Waals surface area (Å²) in [6.07, 6.45) is 0. The summed E-state index contributed by atoms with van der Waals surface area (Å²) < 4.78 is 0. The van der Waals surface area contributed by atoms with Crippen LogP contribution in [0.25, 0.3) is 22.2 Å². The molecule has 6 rings (SSSR count). The van der Waals surface area contributed by atoms with Crippen LogP contribution in [0.1, 0.15) is 56.2 Å². The van der Waals surface area contributed by atoms with Gasteiger partial charge in [-0.2, -0.15) is 0 Å². The number of ketones is 1. The van der Waals surface area contributed by atoms with Gasteiger partial charge in [-0.25, -0.2) is 9.88 Å². The van der Waals surface area contributed by atoms with Gasteiger partial charge >= 0.3 is 0 Å². The minimum absolute atomic E-state index is 0.102. The molecule has 0 spiro atoms. The number of imide groups is 1. The van der Waals surface area contributed by atoms with Gasteiger partial charge in [0.1, 0.15) is 5.76 Å². The Bertz CT molecular complexity index is 1520. The third-order valence-electron chi connectivity index (χ3n) is 5.88. The van der Waals surface area contributed by atoms with Gasteiger partial charge in [-0.1, -0.05) is 68.4 Å². The zero-order valence-corrected chi connectivity index (χ0v) is 18.6.